The molecule has 1 amide bonds. The number of hydrogen-bond donors (Lipinski definition) is 1. The second-order valence-corrected chi connectivity index (χ2v) is 5.50. The maximum Gasteiger partial charge on any atom is 0.232 e. The summed E-state index contributed by atoms with van der Waals surface area (Å²) in [7, 11) is 1.63. The number of para-hydroxylation sites is 1. The van der Waals surface area contributed by atoms with Crippen molar-refractivity contribution < 1.29 is 9.53 Å². The van der Waals surface area contributed by atoms with Crippen LogP contribution < -0.4 is 10.1 Å². The zero-order chi connectivity index (χ0) is 13.3. The molecule has 0 bridgehead atoms. The molecule has 1 heterocycles. The molecule has 1 aliphatic heterocycles. The first kappa shape index (κ1) is 12.9. The summed E-state index contributed by atoms with van der Waals surface area (Å²) >= 11 is 0. The largest absolute Gasteiger partial charge is 0.495 e. The van der Waals surface area contributed by atoms with Crippen LogP contribution in [0.4, 0.5) is 5.69 Å². The van der Waals surface area contributed by atoms with Crippen molar-refractivity contribution in [3.8, 4) is 5.75 Å². The van der Waals surface area contributed by atoms with E-state index in [0.717, 1.165) is 23.4 Å². The Bertz CT molecular complexity index is 454. The van der Waals surface area contributed by atoms with Gasteiger partial charge in [-0.25, -0.2) is 0 Å². The van der Waals surface area contributed by atoms with Crippen LogP contribution in [0.2, 0.25) is 0 Å². The summed E-state index contributed by atoms with van der Waals surface area (Å²) in [4.78, 5) is 12.2. The summed E-state index contributed by atoms with van der Waals surface area (Å²) in [6, 6.07) is 5.86. The topological polar surface area (TPSA) is 38.3 Å². The number of amides is 1. The highest BCUT2D eigenvalue weighted by atomic mass is 16.5. The van der Waals surface area contributed by atoms with Gasteiger partial charge in [-0.05, 0) is 29.9 Å². The third-order valence-electron chi connectivity index (χ3n) is 3.56. The average Bonchev–Trinajstić information content (AvgIpc) is 2.63. The van der Waals surface area contributed by atoms with Crippen molar-refractivity contribution in [2.45, 2.75) is 33.1 Å². The van der Waals surface area contributed by atoms with Crippen molar-refractivity contribution >= 4 is 11.6 Å². The fraction of sp³-hybridized carbons (Fsp3) is 0.533. The number of carbonyl (C=O) groups excluding carboxylic acids is 1. The lowest BCUT2D eigenvalue weighted by atomic mass is 9.83. The van der Waals surface area contributed by atoms with Crippen molar-refractivity contribution in [2.75, 3.05) is 12.4 Å². The second kappa shape index (κ2) is 5.01. The first-order chi connectivity index (χ1) is 8.54. The minimum atomic E-state index is -0.0440. The average molecular weight is 247 g/mol. The normalized spacial score (nSPS) is 19.6. The van der Waals surface area contributed by atoms with Gasteiger partial charge in [-0.15, -0.1) is 0 Å². The van der Waals surface area contributed by atoms with Crippen molar-refractivity contribution in [1.82, 2.24) is 0 Å². The summed E-state index contributed by atoms with van der Waals surface area (Å²) in [5.41, 5.74) is 1.93. The van der Waals surface area contributed by atoms with Crippen LogP contribution in [0.15, 0.2) is 18.2 Å². The third-order valence-corrected chi connectivity index (χ3v) is 3.56. The molecular formula is C15H21NO2. The highest BCUT2D eigenvalue weighted by Crippen LogP contribution is 2.43. The number of fused-ring (bicyclic) bond motifs is 1. The quantitative estimate of drug-likeness (QED) is 0.885. The van der Waals surface area contributed by atoms with E-state index in [1.807, 2.05) is 18.2 Å². The Labute approximate surface area is 109 Å². The van der Waals surface area contributed by atoms with E-state index in [9.17, 15) is 4.79 Å². The Hall–Kier alpha value is -1.51. The van der Waals surface area contributed by atoms with Crippen molar-refractivity contribution in [2.24, 2.45) is 11.8 Å². The Kier molecular flexibility index (Phi) is 3.60. The van der Waals surface area contributed by atoms with Gasteiger partial charge in [0.1, 0.15) is 5.75 Å². The molecule has 2 rings (SSSR count). The standard InChI is InChI=1S/C15H21NO2/c1-9(2)8-10(3)13-11-6-5-7-12(18-4)14(11)16-15(13)17/h5-7,9-10,13H,8H2,1-4H3,(H,16,17). The summed E-state index contributed by atoms with van der Waals surface area (Å²) in [6.45, 7) is 6.53. The minimum Gasteiger partial charge on any atom is -0.495 e. The molecule has 1 aromatic rings. The number of ether oxygens (including phenoxy) is 1. The minimum absolute atomic E-state index is 0.0440. The van der Waals surface area contributed by atoms with E-state index in [4.69, 9.17) is 4.74 Å². The van der Waals surface area contributed by atoms with Crippen LogP contribution >= 0.6 is 0 Å². The highest BCUT2D eigenvalue weighted by molar-refractivity contribution is 6.04. The predicted molar refractivity (Wildman–Crippen MR) is 73.0 cm³/mol. The van der Waals surface area contributed by atoms with Crippen LogP contribution in [0.5, 0.6) is 5.75 Å². The first-order valence-electron chi connectivity index (χ1n) is 6.52. The van der Waals surface area contributed by atoms with Gasteiger partial charge in [0.25, 0.3) is 0 Å². The van der Waals surface area contributed by atoms with E-state index in [1.165, 1.54) is 0 Å². The molecule has 3 heteroatoms. The SMILES string of the molecule is COc1cccc2c1NC(=O)C2C(C)CC(C)C. The van der Waals surface area contributed by atoms with Gasteiger partial charge in [-0.2, -0.15) is 0 Å². The maximum atomic E-state index is 12.2. The fourth-order valence-electron chi connectivity index (χ4n) is 2.90. The smallest absolute Gasteiger partial charge is 0.232 e. The number of carbonyl (C=O) groups is 1. The molecule has 3 nitrogen and oxygen atoms in total. The highest BCUT2D eigenvalue weighted by Gasteiger charge is 2.36. The Morgan fingerprint density at radius 3 is 2.67 bits per heavy atom. The number of benzene rings is 1. The lowest BCUT2D eigenvalue weighted by Gasteiger charge is -2.19. The zero-order valence-electron chi connectivity index (χ0n) is 11.5. The van der Waals surface area contributed by atoms with E-state index < -0.39 is 0 Å². The van der Waals surface area contributed by atoms with Crippen molar-refractivity contribution in [1.29, 1.82) is 0 Å². The summed E-state index contributed by atoms with van der Waals surface area (Å²) in [6.07, 6.45) is 1.05. The van der Waals surface area contributed by atoms with Crippen LogP contribution in [0.25, 0.3) is 0 Å². The van der Waals surface area contributed by atoms with Crippen LogP contribution in [0, 0.1) is 11.8 Å². The van der Waals surface area contributed by atoms with Gasteiger partial charge in [0.05, 0.1) is 18.7 Å². The number of rotatable bonds is 4. The molecule has 0 radical (unpaired) electrons. The predicted octanol–water partition coefficient (Wildman–Crippen LogP) is 3.41. The van der Waals surface area contributed by atoms with Gasteiger partial charge in [0.15, 0.2) is 0 Å². The Morgan fingerprint density at radius 2 is 2.06 bits per heavy atom. The van der Waals surface area contributed by atoms with Gasteiger partial charge in [-0.1, -0.05) is 32.9 Å². The van der Waals surface area contributed by atoms with E-state index in [-0.39, 0.29) is 11.8 Å². The summed E-state index contributed by atoms with van der Waals surface area (Å²) in [5, 5.41) is 2.96. The Balaban J connectivity index is 2.33. The monoisotopic (exact) mass is 247 g/mol. The summed E-state index contributed by atoms with van der Waals surface area (Å²) in [5.74, 6) is 1.75. The molecule has 1 aromatic carbocycles. The molecule has 0 fully saturated rings. The second-order valence-electron chi connectivity index (χ2n) is 5.50. The van der Waals surface area contributed by atoms with E-state index in [0.29, 0.717) is 11.8 Å². The summed E-state index contributed by atoms with van der Waals surface area (Å²) < 4.78 is 5.30. The molecule has 0 aliphatic carbocycles. The van der Waals surface area contributed by atoms with E-state index in [1.54, 1.807) is 7.11 Å². The van der Waals surface area contributed by atoms with Gasteiger partial charge in [0.2, 0.25) is 5.91 Å². The molecule has 0 aromatic heterocycles. The molecular weight excluding hydrogens is 226 g/mol. The third kappa shape index (κ3) is 2.22. The molecule has 0 saturated heterocycles. The van der Waals surface area contributed by atoms with Gasteiger partial charge < -0.3 is 10.1 Å². The van der Waals surface area contributed by atoms with Crippen LogP contribution in [0.1, 0.15) is 38.7 Å². The van der Waals surface area contributed by atoms with E-state index in [2.05, 4.69) is 26.1 Å². The van der Waals surface area contributed by atoms with Crippen LogP contribution in [0.3, 0.4) is 0 Å². The first-order valence-corrected chi connectivity index (χ1v) is 6.52. The molecule has 1 aliphatic rings. The van der Waals surface area contributed by atoms with Gasteiger partial charge in [0, 0.05) is 0 Å². The lowest BCUT2D eigenvalue weighted by Crippen LogP contribution is -2.20. The maximum absolute atomic E-state index is 12.2. The van der Waals surface area contributed by atoms with Crippen LogP contribution in [-0.4, -0.2) is 13.0 Å². The molecule has 2 atom stereocenters. The van der Waals surface area contributed by atoms with Crippen molar-refractivity contribution in [3.05, 3.63) is 23.8 Å². The lowest BCUT2D eigenvalue weighted by molar-refractivity contribution is -0.118. The molecule has 2 unspecified atom stereocenters. The number of anilines is 1. The van der Waals surface area contributed by atoms with Crippen LogP contribution in [-0.2, 0) is 4.79 Å². The molecule has 98 valence electrons. The number of hydrogen-bond acceptors (Lipinski definition) is 2. The van der Waals surface area contributed by atoms with Gasteiger partial charge >= 0.3 is 0 Å². The fourth-order valence-corrected chi connectivity index (χ4v) is 2.90. The van der Waals surface area contributed by atoms with E-state index >= 15 is 0 Å². The molecule has 1 N–H and O–H groups in total. The molecule has 18 heavy (non-hydrogen) atoms. The number of nitrogens with one attached hydrogen (secondary N) is 1. The van der Waals surface area contributed by atoms with Gasteiger partial charge in [-0.3, -0.25) is 4.79 Å². The number of methoxy groups -OCH3 is 1. The Morgan fingerprint density at radius 1 is 1.33 bits per heavy atom. The zero-order valence-corrected chi connectivity index (χ0v) is 11.5. The molecule has 0 saturated carbocycles. The molecule has 0 spiro atoms. The van der Waals surface area contributed by atoms with Crippen molar-refractivity contribution in [3.63, 3.8) is 0 Å².